The van der Waals surface area contributed by atoms with E-state index in [9.17, 15) is 9.59 Å². The molecular weight excluding hydrogens is 304 g/mol. The number of H-pyrrole nitrogens is 1. The first-order chi connectivity index (χ1) is 11.7. The zero-order chi connectivity index (χ0) is 16.9. The SMILES string of the molecule is COc1ccc2cc(C(=O)NC(C=O)Cc3ccccc3)[nH]c2c1. The topological polar surface area (TPSA) is 71.2 Å². The lowest BCUT2D eigenvalue weighted by Gasteiger charge is -2.12. The van der Waals surface area contributed by atoms with Crippen molar-refractivity contribution in [3.63, 3.8) is 0 Å². The summed E-state index contributed by atoms with van der Waals surface area (Å²) in [6.07, 6.45) is 1.22. The quantitative estimate of drug-likeness (QED) is 0.686. The number of amides is 1. The maximum Gasteiger partial charge on any atom is 0.268 e. The number of fused-ring (bicyclic) bond motifs is 1. The number of rotatable bonds is 6. The Balaban J connectivity index is 1.74. The lowest BCUT2D eigenvalue weighted by molar-refractivity contribution is -0.109. The van der Waals surface area contributed by atoms with Crippen LogP contribution in [-0.4, -0.2) is 30.3 Å². The summed E-state index contributed by atoms with van der Waals surface area (Å²) in [6.45, 7) is 0. The molecule has 5 nitrogen and oxygen atoms in total. The second kappa shape index (κ2) is 7.00. The average molecular weight is 322 g/mol. The highest BCUT2D eigenvalue weighted by Gasteiger charge is 2.15. The second-order valence-corrected chi connectivity index (χ2v) is 5.54. The Morgan fingerprint density at radius 3 is 2.71 bits per heavy atom. The van der Waals surface area contributed by atoms with E-state index in [1.807, 2.05) is 48.5 Å². The predicted molar refractivity (Wildman–Crippen MR) is 92.3 cm³/mol. The first-order valence-electron chi connectivity index (χ1n) is 7.66. The van der Waals surface area contributed by atoms with Gasteiger partial charge in [-0.2, -0.15) is 0 Å². The molecule has 5 heteroatoms. The molecule has 1 unspecified atom stereocenters. The fourth-order valence-electron chi connectivity index (χ4n) is 2.60. The second-order valence-electron chi connectivity index (χ2n) is 5.54. The van der Waals surface area contributed by atoms with E-state index < -0.39 is 6.04 Å². The van der Waals surface area contributed by atoms with Crippen LogP contribution in [-0.2, 0) is 11.2 Å². The van der Waals surface area contributed by atoms with Crippen LogP contribution in [0.2, 0.25) is 0 Å². The van der Waals surface area contributed by atoms with Gasteiger partial charge in [0, 0.05) is 17.0 Å². The number of nitrogens with one attached hydrogen (secondary N) is 2. The Morgan fingerprint density at radius 1 is 1.21 bits per heavy atom. The number of ether oxygens (including phenoxy) is 1. The number of hydrogen-bond donors (Lipinski definition) is 2. The normalized spacial score (nSPS) is 11.9. The first kappa shape index (κ1) is 15.8. The van der Waals surface area contributed by atoms with Gasteiger partial charge in [-0.25, -0.2) is 0 Å². The number of carbonyl (C=O) groups is 2. The minimum atomic E-state index is -0.569. The maximum absolute atomic E-state index is 12.4. The van der Waals surface area contributed by atoms with Crippen molar-refractivity contribution < 1.29 is 14.3 Å². The molecule has 3 aromatic rings. The van der Waals surface area contributed by atoms with E-state index in [2.05, 4.69) is 10.3 Å². The molecule has 0 aliphatic carbocycles. The zero-order valence-corrected chi connectivity index (χ0v) is 13.3. The van der Waals surface area contributed by atoms with E-state index in [4.69, 9.17) is 4.74 Å². The van der Waals surface area contributed by atoms with E-state index in [0.717, 1.165) is 22.8 Å². The summed E-state index contributed by atoms with van der Waals surface area (Å²) >= 11 is 0. The van der Waals surface area contributed by atoms with Crippen molar-refractivity contribution in [3.8, 4) is 5.75 Å². The molecule has 3 rings (SSSR count). The highest BCUT2D eigenvalue weighted by Crippen LogP contribution is 2.21. The van der Waals surface area contributed by atoms with Crippen molar-refractivity contribution >= 4 is 23.1 Å². The molecule has 1 aromatic heterocycles. The highest BCUT2D eigenvalue weighted by molar-refractivity contribution is 5.99. The predicted octanol–water partition coefficient (Wildman–Crippen LogP) is 2.72. The number of aromatic amines is 1. The zero-order valence-electron chi connectivity index (χ0n) is 13.3. The van der Waals surface area contributed by atoms with Crippen molar-refractivity contribution in [1.82, 2.24) is 10.3 Å². The molecule has 1 atom stereocenters. The van der Waals surface area contributed by atoms with Gasteiger partial charge in [-0.15, -0.1) is 0 Å². The van der Waals surface area contributed by atoms with Crippen molar-refractivity contribution in [1.29, 1.82) is 0 Å². The summed E-state index contributed by atoms with van der Waals surface area (Å²) < 4.78 is 5.17. The number of carbonyl (C=O) groups excluding carboxylic acids is 2. The van der Waals surface area contributed by atoms with Crippen molar-refractivity contribution in [2.24, 2.45) is 0 Å². The summed E-state index contributed by atoms with van der Waals surface area (Å²) in [4.78, 5) is 26.7. The molecule has 24 heavy (non-hydrogen) atoms. The molecule has 0 saturated heterocycles. The van der Waals surface area contributed by atoms with Crippen molar-refractivity contribution in [2.75, 3.05) is 7.11 Å². The van der Waals surface area contributed by atoms with Crippen LogP contribution in [0.4, 0.5) is 0 Å². The largest absolute Gasteiger partial charge is 0.497 e. The van der Waals surface area contributed by atoms with E-state index in [1.165, 1.54) is 0 Å². The van der Waals surface area contributed by atoms with Crippen LogP contribution in [0.1, 0.15) is 16.1 Å². The van der Waals surface area contributed by atoms with Crippen LogP contribution < -0.4 is 10.1 Å². The molecule has 0 aliphatic heterocycles. The monoisotopic (exact) mass is 322 g/mol. The summed E-state index contributed by atoms with van der Waals surface area (Å²) in [5, 5.41) is 3.66. The third-order valence-corrected chi connectivity index (χ3v) is 3.85. The molecule has 0 spiro atoms. The van der Waals surface area contributed by atoms with Gasteiger partial charge in [-0.05, 0) is 30.2 Å². The van der Waals surface area contributed by atoms with Gasteiger partial charge in [0.15, 0.2) is 0 Å². The molecule has 2 aromatic carbocycles. The van der Waals surface area contributed by atoms with Crippen molar-refractivity contribution in [3.05, 3.63) is 65.9 Å². The van der Waals surface area contributed by atoms with Gasteiger partial charge in [0.1, 0.15) is 17.7 Å². The smallest absolute Gasteiger partial charge is 0.268 e. The van der Waals surface area contributed by atoms with E-state index >= 15 is 0 Å². The molecule has 122 valence electrons. The number of methoxy groups -OCH3 is 1. The van der Waals surface area contributed by atoms with Gasteiger partial charge in [0.2, 0.25) is 0 Å². The number of aromatic nitrogens is 1. The third-order valence-electron chi connectivity index (χ3n) is 3.85. The van der Waals surface area contributed by atoms with Gasteiger partial charge in [-0.3, -0.25) is 4.79 Å². The summed E-state index contributed by atoms with van der Waals surface area (Å²) in [6, 6.07) is 16.3. The number of hydrogen-bond acceptors (Lipinski definition) is 3. The van der Waals surface area contributed by atoms with Crippen LogP contribution in [0.25, 0.3) is 10.9 Å². The van der Waals surface area contributed by atoms with E-state index in [0.29, 0.717) is 17.9 Å². The molecule has 0 fully saturated rings. The molecule has 0 bridgehead atoms. The highest BCUT2D eigenvalue weighted by atomic mass is 16.5. The van der Waals surface area contributed by atoms with Gasteiger partial charge in [0.25, 0.3) is 5.91 Å². The minimum Gasteiger partial charge on any atom is -0.497 e. The Morgan fingerprint density at radius 2 is 2.00 bits per heavy atom. The molecule has 2 N–H and O–H groups in total. The fourth-order valence-corrected chi connectivity index (χ4v) is 2.60. The standard InChI is InChI=1S/C19H18N2O3/c1-24-16-8-7-14-10-18(21-17(14)11-16)19(23)20-15(12-22)9-13-5-3-2-4-6-13/h2-8,10-12,15,21H,9H2,1H3,(H,20,23). The van der Waals surface area contributed by atoms with E-state index in [-0.39, 0.29) is 5.91 Å². The molecule has 1 heterocycles. The molecule has 1 amide bonds. The third kappa shape index (κ3) is 3.46. The van der Waals surface area contributed by atoms with Gasteiger partial charge >= 0.3 is 0 Å². The van der Waals surface area contributed by atoms with Crippen LogP contribution >= 0.6 is 0 Å². The van der Waals surface area contributed by atoms with Crippen LogP contribution in [0, 0.1) is 0 Å². The van der Waals surface area contributed by atoms with E-state index in [1.54, 1.807) is 13.2 Å². The fraction of sp³-hybridized carbons (Fsp3) is 0.158. The maximum atomic E-state index is 12.4. The van der Waals surface area contributed by atoms with Gasteiger partial charge < -0.3 is 19.8 Å². The van der Waals surface area contributed by atoms with Gasteiger partial charge in [-0.1, -0.05) is 30.3 Å². The molecule has 0 aliphatic rings. The summed E-state index contributed by atoms with van der Waals surface area (Å²) in [5.41, 5.74) is 2.22. The van der Waals surface area contributed by atoms with Crippen molar-refractivity contribution in [2.45, 2.75) is 12.5 Å². The van der Waals surface area contributed by atoms with Gasteiger partial charge in [0.05, 0.1) is 13.2 Å². The lowest BCUT2D eigenvalue weighted by Crippen LogP contribution is -2.37. The lowest BCUT2D eigenvalue weighted by atomic mass is 10.1. The summed E-state index contributed by atoms with van der Waals surface area (Å²) in [5.74, 6) is 0.407. The van der Waals surface area contributed by atoms with Crippen LogP contribution in [0.15, 0.2) is 54.6 Å². The first-order valence-corrected chi connectivity index (χ1v) is 7.66. The Bertz CT molecular complexity index is 855. The molecule has 0 saturated carbocycles. The number of aldehydes is 1. The Labute approximate surface area is 139 Å². The van der Waals surface area contributed by atoms with Crippen LogP contribution in [0.5, 0.6) is 5.75 Å². The Hall–Kier alpha value is -3.08. The minimum absolute atomic E-state index is 0.307. The number of benzene rings is 2. The average Bonchev–Trinajstić information content (AvgIpc) is 3.05. The summed E-state index contributed by atoms with van der Waals surface area (Å²) in [7, 11) is 1.59. The van der Waals surface area contributed by atoms with Crippen LogP contribution in [0.3, 0.4) is 0 Å². The molecule has 0 radical (unpaired) electrons. The Kier molecular flexibility index (Phi) is 4.61. The molecular formula is C19H18N2O3.